The van der Waals surface area contributed by atoms with Crippen LogP contribution in [0.25, 0.3) is 0 Å². The van der Waals surface area contributed by atoms with Crippen molar-refractivity contribution in [2.75, 3.05) is 10.6 Å². The van der Waals surface area contributed by atoms with Gasteiger partial charge < -0.3 is 10.6 Å². The van der Waals surface area contributed by atoms with E-state index in [0.717, 1.165) is 0 Å². The highest BCUT2D eigenvalue weighted by Gasteiger charge is 2.02. The number of nitrogens with one attached hydrogen (secondary N) is 2. The lowest BCUT2D eigenvalue weighted by atomic mass is 10.1. The van der Waals surface area contributed by atoms with Crippen LogP contribution < -0.4 is 10.6 Å². The first-order valence-electron chi connectivity index (χ1n) is 5.62. The number of rotatable bonds is 4. The van der Waals surface area contributed by atoms with Crippen molar-refractivity contribution in [2.24, 2.45) is 0 Å². The fraction of sp³-hybridized carbons (Fsp3) is 0.538. The SMILES string of the molecule is Cc1ccc(NC(C)C)cc1NC(C)C. The molecule has 0 atom stereocenters. The first-order chi connectivity index (χ1) is 6.99. The Bertz CT molecular complexity index is 316. The van der Waals surface area contributed by atoms with E-state index in [2.05, 4.69) is 63.5 Å². The summed E-state index contributed by atoms with van der Waals surface area (Å²) in [7, 11) is 0. The van der Waals surface area contributed by atoms with Crippen LogP contribution in [-0.2, 0) is 0 Å². The lowest BCUT2D eigenvalue weighted by Crippen LogP contribution is -2.13. The highest BCUT2D eigenvalue weighted by atomic mass is 14.9. The Morgan fingerprint density at radius 2 is 1.53 bits per heavy atom. The number of aryl methyl sites for hydroxylation is 1. The minimum atomic E-state index is 0.470. The lowest BCUT2D eigenvalue weighted by molar-refractivity contribution is 0.891. The van der Waals surface area contributed by atoms with E-state index in [4.69, 9.17) is 0 Å². The summed E-state index contributed by atoms with van der Waals surface area (Å²) in [4.78, 5) is 0. The standard InChI is InChI=1S/C13H22N2/c1-9(2)14-12-7-6-11(5)13(8-12)15-10(3)4/h6-10,14-15H,1-5H3. The minimum Gasteiger partial charge on any atom is -0.383 e. The van der Waals surface area contributed by atoms with E-state index in [9.17, 15) is 0 Å². The molecule has 0 heterocycles. The number of hydrogen-bond donors (Lipinski definition) is 2. The molecule has 0 aliphatic carbocycles. The molecular formula is C13H22N2. The lowest BCUT2D eigenvalue weighted by Gasteiger charge is -2.16. The van der Waals surface area contributed by atoms with Crippen molar-refractivity contribution < 1.29 is 0 Å². The molecule has 0 radical (unpaired) electrons. The summed E-state index contributed by atoms with van der Waals surface area (Å²) in [6.07, 6.45) is 0. The molecule has 0 fully saturated rings. The van der Waals surface area contributed by atoms with Crippen molar-refractivity contribution in [3.63, 3.8) is 0 Å². The molecule has 1 rings (SSSR count). The van der Waals surface area contributed by atoms with Crippen molar-refractivity contribution >= 4 is 11.4 Å². The van der Waals surface area contributed by atoms with Gasteiger partial charge in [0, 0.05) is 23.5 Å². The molecule has 2 N–H and O–H groups in total. The first-order valence-corrected chi connectivity index (χ1v) is 5.62. The van der Waals surface area contributed by atoms with Gasteiger partial charge in [-0.2, -0.15) is 0 Å². The molecule has 0 unspecified atom stereocenters. The average Bonchev–Trinajstić information content (AvgIpc) is 2.09. The molecule has 0 aliphatic rings. The number of benzene rings is 1. The Morgan fingerprint density at radius 1 is 0.933 bits per heavy atom. The highest BCUT2D eigenvalue weighted by molar-refractivity contribution is 5.61. The molecular weight excluding hydrogens is 184 g/mol. The summed E-state index contributed by atoms with van der Waals surface area (Å²) < 4.78 is 0. The second-order valence-corrected chi connectivity index (χ2v) is 4.63. The van der Waals surface area contributed by atoms with E-state index in [1.165, 1.54) is 16.9 Å². The predicted molar refractivity (Wildman–Crippen MR) is 68.7 cm³/mol. The topological polar surface area (TPSA) is 24.1 Å². The molecule has 84 valence electrons. The van der Waals surface area contributed by atoms with E-state index in [1.54, 1.807) is 0 Å². The van der Waals surface area contributed by atoms with E-state index in [0.29, 0.717) is 12.1 Å². The minimum absolute atomic E-state index is 0.470. The van der Waals surface area contributed by atoms with E-state index in [-0.39, 0.29) is 0 Å². The third-order valence-corrected chi connectivity index (χ3v) is 2.14. The van der Waals surface area contributed by atoms with Gasteiger partial charge in [-0.3, -0.25) is 0 Å². The molecule has 0 aromatic heterocycles. The van der Waals surface area contributed by atoms with Gasteiger partial charge in [-0.1, -0.05) is 6.07 Å². The quantitative estimate of drug-likeness (QED) is 0.786. The zero-order valence-corrected chi connectivity index (χ0v) is 10.4. The Labute approximate surface area is 93.1 Å². The normalized spacial score (nSPS) is 10.9. The van der Waals surface area contributed by atoms with Crippen molar-refractivity contribution in [2.45, 2.75) is 46.7 Å². The Hall–Kier alpha value is -1.18. The van der Waals surface area contributed by atoms with Crippen LogP contribution >= 0.6 is 0 Å². The van der Waals surface area contributed by atoms with Crippen LogP contribution in [0.4, 0.5) is 11.4 Å². The molecule has 1 aromatic rings. The summed E-state index contributed by atoms with van der Waals surface area (Å²) >= 11 is 0. The highest BCUT2D eigenvalue weighted by Crippen LogP contribution is 2.21. The van der Waals surface area contributed by atoms with E-state index >= 15 is 0 Å². The number of anilines is 2. The largest absolute Gasteiger partial charge is 0.383 e. The van der Waals surface area contributed by atoms with Crippen LogP contribution in [0.15, 0.2) is 18.2 Å². The fourth-order valence-electron chi connectivity index (χ4n) is 1.51. The summed E-state index contributed by atoms with van der Waals surface area (Å²) in [5.74, 6) is 0. The van der Waals surface area contributed by atoms with Gasteiger partial charge in [0.2, 0.25) is 0 Å². The Kier molecular flexibility index (Phi) is 4.01. The maximum absolute atomic E-state index is 3.45. The zero-order valence-electron chi connectivity index (χ0n) is 10.4. The molecule has 1 aromatic carbocycles. The van der Waals surface area contributed by atoms with Gasteiger partial charge in [0.25, 0.3) is 0 Å². The maximum Gasteiger partial charge on any atom is 0.0392 e. The molecule has 0 saturated heterocycles. The van der Waals surface area contributed by atoms with Gasteiger partial charge >= 0.3 is 0 Å². The van der Waals surface area contributed by atoms with Gasteiger partial charge in [0.1, 0.15) is 0 Å². The Morgan fingerprint density at radius 3 is 2.07 bits per heavy atom. The van der Waals surface area contributed by atoms with Crippen molar-refractivity contribution in [1.29, 1.82) is 0 Å². The maximum atomic E-state index is 3.45. The van der Waals surface area contributed by atoms with Crippen molar-refractivity contribution in [3.05, 3.63) is 23.8 Å². The van der Waals surface area contributed by atoms with Crippen LogP contribution in [0.3, 0.4) is 0 Å². The van der Waals surface area contributed by atoms with Crippen LogP contribution in [0.1, 0.15) is 33.3 Å². The van der Waals surface area contributed by atoms with Crippen LogP contribution in [-0.4, -0.2) is 12.1 Å². The molecule has 0 aliphatic heterocycles. The average molecular weight is 206 g/mol. The van der Waals surface area contributed by atoms with Crippen molar-refractivity contribution in [3.8, 4) is 0 Å². The van der Waals surface area contributed by atoms with Gasteiger partial charge in [-0.15, -0.1) is 0 Å². The summed E-state index contributed by atoms with van der Waals surface area (Å²) in [6, 6.07) is 7.39. The van der Waals surface area contributed by atoms with Crippen LogP contribution in [0.2, 0.25) is 0 Å². The van der Waals surface area contributed by atoms with Crippen molar-refractivity contribution in [1.82, 2.24) is 0 Å². The fourth-order valence-corrected chi connectivity index (χ4v) is 1.51. The smallest absolute Gasteiger partial charge is 0.0392 e. The molecule has 0 saturated carbocycles. The third kappa shape index (κ3) is 3.82. The van der Waals surface area contributed by atoms with Gasteiger partial charge in [0.05, 0.1) is 0 Å². The second-order valence-electron chi connectivity index (χ2n) is 4.63. The molecule has 15 heavy (non-hydrogen) atoms. The molecule has 2 heteroatoms. The zero-order chi connectivity index (χ0) is 11.4. The summed E-state index contributed by atoms with van der Waals surface area (Å²) in [5, 5.41) is 6.85. The van der Waals surface area contributed by atoms with Crippen LogP contribution in [0, 0.1) is 6.92 Å². The molecule has 2 nitrogen and oxygen atoms in total. The van der Waals surface area contributed by atoms with E-state index < -0.39 is 0 Å². The first kappa shape index (κ1) is 11.9. The molecule has 0 bridgehead atoms. The Balaban J connectivity index is 2.85. The van der Waals surface area contributed by atoms with E-state index in [1.807, 2.05) is 0 Å². The third-order valence-electron chi connectivity index (χ3n) is 2.14. The van der Waals surface area contributed by atoms with Gasteiger partial charge in [-0.25, -0.2) is 0 Å². The second kappa shape index (κ2) is 5.06. The monoisotopic (exact) mass is 206 g/mol. The van der Waals surface area contributed by atoms with Gasteiger partial charge in [0.15, 0.2) is 0 Å². The predicted octanol–water partition coefficient (Wildman–Crippen LogP) is 3.64. The summed E-state index contributed by atoms with van der Waals surface area (Å²) in [6.45, 7) is 10.7. The summed E-state index contributed by atoms with van der Waals surface area (Å²) in [5.41, 5.74) is 3.69. The van der Waals surface area contributed by atoms with Gasteiger partial charge in [-0.05, 0) is 52.3 Å². The number of hydrogen-bond acceptors (Lipinski definition) is 2. The molecule has 0 spiro atoms. The van der Waals surface area contributed by atoms with Crippen LogP contribution in [0.5, 0.6) is 0 Å². The molecule has 0 amide bonds.